The molecule has 1 atom stereocenters. The molecule has 0 fully saturated rings. The maximum atomic E-state index is 12.5. The highest BCUT2D eigenvalue weighted by Gasteiger charge is 2.34. The third-order valence-electron chi connectivity index (χ3n) is 3.87. The van der Waals surface area contributed by atoms with Gasteiger partial charge in [-0.25, -0.2) is 8.42 Å². The Morgan fingerprint density at radius 3 is 2.68 bits per heavy atom. The van der Waals surface area contributed by atoms with Gasteiger partial charge in [0, 0.05) is 10.7 Å². The van der Waals surface area contributed by atoms with Crippen LogP contribution in [0.4, 0.5) is 11.4 Å². The first-order valence-corrected chi connectivity index (χ1v) is 9.79. The number of para-hydroxylation sites is 2. The molecule has 0 saturated carbocycles. The number of carbonyl (C=O) groups excluding carboxylic acids is 1. The molecule has 6 nitrogen and oxygen atoms in total. The summed E-state index contributed by atoms with van der Waals surface area (Å²) >= 11 is 6.06. The van der Waals surface area contributed by atoms with Crippen molar-refractivity contribution < 1.29 is 17.9 Å². The molecule has 2 aromatic carbocycles. The molecule has 1 aliphatic rings. The molecule has 2 aromatic rings. The van der Waals surface area contributed by atoms with E-state index in [1.54, 1.807) is 42.5 Å². The number of fused-ring (bicyclic) bond motifs is 1. The molecule has 0 radical (unpaired) electrons. The Morgan fingerprint density at radius 2 is 2.00 bits per heavy atom. The van der Waals surface area contributed by atoms with Gasteiger partial charge in [0.05, 0.1) is 18.5 Å². The lowest BCUT2D eigenvalue weighted by Gasteiger charge is -2.33. The number of anilines is 2. The van der Waals surface area contributed by atoms with E-state index in [1.807, 2.05) is 6.92 Å². The molecule has 8 heteroatoms. The fourth-order valence-electron chi connectivity index (χ4n) is 2.55. The zero-order valence-corrected chi connectivity index (χ0v) is 15.3. The Hall–Kier alpha value is -2.25. The topological polar surface area (TPSA) is 75.7 Å². The average Bonchev–Trinajstić information content (AvgIpc) is 2.56. The molecule has 0 aromatic heterocycles. The van der Waals surface area contributed by atoms with Crippen molar-refractivity contribution in [3.05, 3.63) is 53.1 Å². The van der Waals surface area contributed by atoms with Gasteiger partial charge in [-0.3, -0.25) is 9.10 Å². The van der Waals surface area contributed by atoms with E-state index in [2.05, 4.69) is 5.32 Å². The van der Waals surface area contributed by atoms with Crippen molar-refractivity contribution >= 4 is 38.9 Å². The monoisotopic (exact) mass is 380 g/mol. The highest BCUT2D eigenvalue weighted by molar-refractivity contribution is 7.92. The number of nitrogens with one attached hydrogen (secondary N) is 1. The molecule has 25 heavy (non-hydrogen) atoms. The minimum atomic E-state index is -3.54. The lowest BCUT2D eigenvalue weighted by Crippen LogP contribution is -2.48. The zero-order valence-electron chi connectivity index (χ0n) is 13.7. The van der Waals surface area contributed by atoms with Crippen LogP contribution in [0, 0.1) is 6.92 Å². The van der Waals surface area contributed by atoms with Crippen LogP contribution in [0.25, 0.3) is 0 Å². The molecule has 132 valence electrons. The highest BCUT2D eigenvalue weighted by Crippen LogP contribution is 2.34. The van der Waals surface area contributed by atoms with E-state index in [4.69, 9.17) is 16.3 Å². The summed E-state index contributed by atoms with van der Waals surface area (Å²) < 4.78 is 31.0. The summed E-state index contributed by atoms with van der Waals surface area (Å²) in [5.74, 6) is -0.0932. The van der Waals surface area contributed by atoms with Crippen LogP contribution < -0.4 is 14.4 Å². The first-order chi connectivity index (χ1) is 11.8. The van der Waals surface area contributed by atoms with Crippen molar-refractivity contribution in [2.24, 2.45) is 0 Å². The van der Waals surface area contributed by atoms with E-state index in [1.165, 1.54) is 4.31 Å². The van der Waals surface area contributed by atoms with Crippen LogP contribution in [0.5, 0.6) is 5.75 Å². The van der Waals surface area contributed by atoms with Gasteiger partial charge >= 0.3 is 0 Å². The maximum Gasteiger partial charge on any atom is 0.267 e. The predicted molar refractivity (Wildman–Crippen MR) is 97.9 cm³/mol. The molecule has 1 heterocycles. The van der Waals surface area contributed by atoms with Crippen molar-refractivity contribution in [1.82, 2.24) is 0 Å². The summed E-state index contributed by atoms with van der Waals surface area (Å²) in [6.07, 6.45) is 0.133. The number of hydrogen-bond donors (Lipinski definition) is 1. The number of nitrogens with zero attached hydrogens (tertiary/aromatic N) is 1. The number of amides is 1. The number of carbonyl (C=O) groups is 1. The van der Waals surface area contributed by atoms with Gasteiger partial charge in [-0.1, -0.05) is 29.8 Å². The third kappa shape index (κ3) is 3.72. The number of sulfonamides is 1. The number of ether oxygens (including phenoxy) is 1. The number of benzene rings is 2. The second-order valence-electron chi connectivity index (χ2n) is 5.82. The predicted octanol–water partition coefficient (Wildman–Crippen LogP) is 2.81. The van der Waals surface area contributed by atoms with Gasteiger partial charge < -0.3 is 10.1 Å². The Bertz CT molecular complexity index is 930. The number of halogens is 1. The lowest BCUT2D eigenvalue weighted by atomic mass is 10.2. The van der Waals surface area contributed by atoms with Gasteiger partial charge in [0.1, 0.15) is 5.75 Å². The maximum absolute atomic E-state index is 12.5. The van der Waals surface area contributed by atoms with Gasteiger partial charge in [-0.05, 0) is 36.8 Å². The van der Waals surface area contributed by atoms with Gasteiger partial charge in [-0.15, -0.1) is 0 Å². The van der Waals surface area contributed by atoms with E-state index in [0.717, 1.165) is 11.8 Å². The van der Waals surface area contributed by atoms with Gasteiger partial charge in [-0.2, -0.15) is 0 Å². The van der Waals surface area contributed by atoms with Gasteiger partial charge in [0.15, 0.2) is 6.10 Å². The smallest absolute Gasteiger partial charge is 0.267 e. The van der Waals surface area contributed by atoms with Crippen LogP contribution in [0.2, 0.25) is 5.02 Å². The normalized spacial score (nSPS) is 16.8. The summed E-state index contributed by atoms with van der Waals surface area (Å²) in [6.45, 7) is 1.76. The van der Waals surface area contributed by atoms with Gasteiger partial charge in [0.2, 0.25) is 10.0 Å². The Kier molecular flexibility index (Phi) is 4.62. The van der Waals surface area contributed by atoms with Crippen molar-refractivity contribution in [3.8, 4) is 5.75 Å². The Morgan fingerprint density at radius 1 is 1.28 bits per heavy atom. The summed E-state index contributed by atoms with van der Waals surface area (Å²) in [6, 6.07) is 11.9. The van der Waals surface area contributed by atoms with Crippen molar-refractivity contribution in [2.75, 3.05) is 22.4 Å². The minimum absolute atomic E-state index is 0.0960. The molecule has 0 aliphatic carbocycles. The Labute approximate surface area is 151 Å². The molecular weight excluding hydrogens is 364 g/mol. The standard InChI is InChI=1S/C17H17ClN2O4S/c1-11-7-8-12(9-13(11)18)19-17(21)16-10-20(25(2,22)23)14-5-3-4-6-15(14)24-16/h3-9,16H,10H2,1-2H3,(H,19,21)/t16-/m0/s1. The van der Waals surface area contributed by atoms with Crippen LogP contribution in [0.1, 0.15) is 5.56 Å². The van der Waals surface area contributed by atoms with Gasteiger partial charge in [0.25, 0.3) is 5.91 Å². The largest absolute Gasteiger partial charge is 0.476 e. The second-order valence-corrected chi connectivity index (χ2v) is 8.14. The highest BCUT2D eigenvalue weighted by atomic mass is 35.5. The molecule has 1 aliphatic heterocycles. The van der Waals surface area contributed by atoms with Crippen molar-refractivity contribution in [3.63, 3.8) is 0 Å². The molecule has 0 unspecified atom stereocenters. The van der Waals surface area contributed by atoms with E-state index in [-0.39, 0.29) is 6.54 Å². The fourth-order valence-corrected chi connectivity index (χ4v) is 3.64. The summed E-state index contributed by atoms with van der Waals surface area (Å²) in [4.78, 5) is 12.5. The number of rotatable bonds is 3. The quantitative estimate of drug-likeness (QED) is 0.888. The third-order valence-corrected chi connectivity index (χ3v) is 5.42. The first-order valence-electron chi connectivity index (χ1n) is 7.56. The van der Waals surface area contributed by atoms with E-state index >= 15 is 0 Å². The molecule has 1 N–H and O–H groups in total. The summed E-state index contributed by atoms with van der Waals surface area (Å²) in [7, 11) is -3.54. The molecule has 0 bridgehead atoms. The molecule has 3 rings (SSSR count). The van der Waals surface area contributed by atoms with Crippen molar-refractivity contribution in [1.29, 1.82) is 0 Å². The van der Waals surface area contributed by atoms with Crippen molar-refractivity contribution in [2.45, 2.75) is 13.0 Å². The van der Waals surface area contributed by atoms with E-state index in [0.29, 0.717) is 22.1 Å². The number of aryl methyl sites for hydroxylation is 1. The molecular formula is C17H17ClN2O4S. The fraction of sp³-hybridized carbons (Fsp3) is 0.235. The van der Waals surface area contributed by atoms with Crippen LogP contribution in [0.3, 0.4) is 0 Å². The average molecular weight is 381 g/mol. The first kappa shape index (κ1) is 17.6. The van der Waals surface area contributed by atoms with Crippen LogP contribution in [0.15, 0.2) is 42.5 Å². The van der Waals surface area contributed by atoms with E-state index in [9.17, 15) is 13.2 Å². The summed E-state index contributed by atoms with van der Waals surface area (Å²) in [5, 5.41) is 3.25. The molecule has 0 spiro atoms. The van der Waals surface area contributed by atoms with Crippen LogP contribution in [-0.2, 0) is 14.8 Å². The Balaban J connectivity index is 1.85. The van der Waals surface area contributed by atoms with E-state index < -0.39 is 22.0 Å². The molecule has 0 saturated heterocycles. The summed E-state index contributed by atoms with van der Waals surface area (Å²) in [5.41, 5.74) is 1.84. The lowest BCUT2D eigenvalue weighted by molar-refractivity contribution is -0.122. The molecule has 1 amide bonds. The minimum Gasteiger partial charge on any atom is -0.476 e. The SMILES string of the molecule is Cc1ccc(NC(=O)[C@@H]2CN(S(C)(=O)=O)c3ccccc3O2)cc1Cl. The number of hydrogen-bond acceptors (Lipinski definition) is 4. The van der Waals surface area contributed by atoms with Crippen LogP contribution in [-0.4, -0.2) is 33.2 Å². The zero-order chi connectivity index (χ0) is 18.2. The van der Waals surface area contributed by atoms with Crippen LogP contribution >= 0.6 is 11.6 Å². The second kappa shape index (κ2) is 6.57.